The molecule has 3 aromatic rings. The molecule has 0 radical (unpaired) electrons. The molecule has 0 N–H and O–H groups in total. The summed E-state index contributed by atoms with van der Waals surface area (Å²) in [5, 5.41) is 0.375. The highest BCUT2D eigenvalue weighted by molar-refractivity contribution is 7.99. The number of rotatable bonds is 3. The van der Waals surface area contributed by atoms with Crippen LogP contribution in [0.4, 0.5) is 0 Å². The van der Waals surface area contributed by atoms with Crippen molar-refractivity contribution in [1.29, 1.82) is 0 Å². The normalized spacial score (nSPS) is 17.3. The van der Waals surface area contributed by atoms with Gasteiger partial charge in [0.25, 0.3) is 5.56 Å². The van der Waals surface area contributed by atoms with Gasteiger partial charge in [-0.05, 0) is 24.5 Å². The highest BCUT2D eigenvalue weighted by Crippen LogP contribution is 2.35. The van der Waals surface area contributed by atoms with E-state index in [9.17, 15) is 14.4 Å². The van der Waals surface area contributed by atoms with Gasteiger partial charge in [0, 0.05) is 38.2 Å². The third kappa shape index (κ3) is 3.58. The maximum atomic E-state index is 13.0. The summed E-state index contributed by atoms with van der Waals surface area (Å²) in [6.45, 7) is 3.51. The highest BCUT2D eigenvalue weighted by atomic mass is 32.2. The van der Waals surface area contributed by atoms with E-state index in [1.54, 1.807) is 11.6 Å². The Kier molecular flexibility index (Phi) is 5.55. The minimum atomic E-state index is -0.440. The van der Waals surface area contributed by atoms with Crippen LogP contribution in [0.5, 0.6) is 0 Å². The number of hydrogen-bond acceptors (Lipinski definition) is 5. The van der Waals surface area contributed by atoms with Gasteiger partial charge in [0.15, 0.2) is 11.2 Å². The highest BCUT2D eigenvalue weighted by Gasteiger charge is 2.24. The molecule has 8 nitrogen and oxygen atoms in total. The van der Waals surface area contributed by atoms with Crippen LogP contribution in [0.3, 0.4) is 0 Å². The molecule has 1 unspecified atom stereocenters. The van der Waals surface area contributed by atoms with Crippen LogP contribution in [0.2, 0.25) is 0 Å². The predicted octanol–water partition coefficient (Wildman–Crippen LogP) is 1.45. The summed E-state index contributed by atoms with van der Waals surface area (Å²) in [7, 11) is 3.00. The van der Waals surface area contributed by atoms with Crippen molar-refractivity contribution < 1.29 is 4.79 Å². The zero-order valence-electron chi connectivity index (χ0n) is 17.4. The second-order valence-corrected chi connectivity index (χ2v) is 8.95. The molecule has 1 saturated heterocycles. The lowest BCUT2D eigenvalue weighted by Gasteiger charge is -2.21. The Bertz CT molecular complexity index is 1230. The Morgan fingerprint density at radius 1 is 1.17 bits per heavy atom. The molecule has 1 aliphatic rings. The Morgan fingerprint density at radius 2 is 1.93 bits per heavy atom. The molecule has 30 heavy (non-hydrogen) atoms. The zero-order valence-corrected chi connectivity index (χ0v) is 18.2. The summed E-state index contributed by atoms with van der Waals surface area (Å²) in [5.74, 6) is 0.822. The topological polar surface area (TPSA) is 82.1 Å². The minimum absolute atomic E-state index is 0.0314. The van der Waals surface area contributed by atoms with Crippen LogP contribution in [0, 0.1) is 6.92 Å². The summed E-state index contributed by atoms with van der Waals surface area (Å²) in [6.07, 6.45) is 2.36. The number of aromatic nitrogens is 4. The molecule has 1 atom stereocenters. The summed E-state index contributed by atoms with van der Waals surface area (Å²) in [4.78, 5) is 43.8. The summed E-state index contributed by atoms with van der Waals surface area (Å²) < 4.78 is 3.92. The van der Waals surface area contributed by atoms with Crippen molar-refractivity contribution in [1.82, 2.24) is 23.6 Å². The van der Waals surface area contributed by atoms with Crippen molar-refractivity contribution in [3.63, 3.8) is 0 Å². The number of fused-ring (bicyclic) bond motifs is 1. The molecule has 0 saturated carbocycles. The molecule has 4 rings (SSSR count). The SMILES string of the molecule is Cc1ccccc1C1CCN(C(=O)Cn2cnc3c2c(=O)n(C)c(=O)n3C)CCS1. The maximum absolute atomic E-state index is 13.0. The van der Waals surface area contributed by atoms with Crippen molar-refractivity contribution in [2.24, 2.45) is 14.1 Å². The number of aryl methyl sites for hydroxylation is 2. The van der Waals surface area contributed by atoms with Crippen LogP contribution in [-0.2, 0) is 25.4 Å². The molecule has 0 aliphatic carbocycles. The van der Waals surface area contributed by atoms with Gasteiger partial charge in [-0.25, -0.2) is 9.78 Å². The molecule has 2 aromatic heterocycles. The van der Waals surface area contributed by atoms with E-state index < -0.39 is 11.2 Å². The van der Waals surface area contributed by atoms with Crippen molar-refractivity contribution in [3.05, 3.63) is 62.6 Å². The molecule has 1 aromatic carbocycles. The van der Waals surface area contributed by atoms with E-state index in [0.717, 1.165) is 16.7 Å². The quantitative estimate of drug-likeness (QED) is 0.632. The van der Waals surface area contributed by atoms with Gasteiger partial charge in [0.2, 0.25) is 5.91 Å². The summed E-state index contributed by atoms with van der Waals surface area (Å²) >= 11 is 1.89. The van der Waals surface area contributed by atoms with Crippen LogP contribution >= 0.6 is 11.8 Å². The first kappa shape index (κ1) is 20.5. The lowest BCUT2D eigenvalue weighted by molar-refractivity contribution is -0.131. The maximum Gasteiger partial charge on any atom is 0.332 e. The van der Waals surface area contributed by atoms with E-state index in [4.69, 9.17) is 0 Å². The first-order valence-corrected chi connectivity index (χ1v) is 11.0. The molecule has 1 amide bonds. The largest absolute Gasteiger partial charge is 0.340 e. The molecule has 9 heteroatoms. The number of hydrogen-bond donors (Lipinski definition) is 0. The van der Waals surface area contributed by atoms with E-state index in [1.807, 2.05) is 22.7 Å². The average molecular weight is 428 g/mol. The van der Waals surface area contributed by atoms with E-state index in [0.29, 0.717) is 24.0 Å². The minimum Gasteiger partial charge on any atom is -0.340 e. The van der Waals surface area contributed by atoms with Gasteiger partial charge in [-0.3, -0.25) is 18.7 Å². The van der Waals surface area contributed by atoms with Crippen molar-refractivity contribution in [2.75, 3.05) is 18.8 Å². The molecule has 1 fully saturated rings. The van der Waals surface area contributed by atoms with Gasteiger partial charge in [-0.1, -0.05) is 24.3 Å². The number of amides is 1. The zero-order chi connectivity index (χ0) is 21.4. The fraction of sp³-hybridized carbons (Fsp3) is 0.429. The number of carbonyl (C=O) groups excluding carboxylic acids is 1. The number of imidazole rings is 1. The molecular formula is C21H25N5O3S. The first-order chi connectivity index (χ1) is 14.4. The lowest BCUT2D eigenvalue weighted by Crippen LogP contribution is -2.39. The molecule has 3 heterocycles. The van der Waals surface area contributed by atoms with Crippen LogP contribution < -0.4 is 11.2 Å². The van der Waals surface area contributed by atoms with Gasteiger partial charge in [-0.15, -0.1) is 0 Å². The van der Waals surface area contributed by atoms with E-state index in [1.165, 1.54) is 29.1 Å². The summed E-state index contributed by atoms with van der Waals surface area (Å²) in [5.41, 5.74) is 2.31. The predicted molar refractivity (Wildman–Crippen MR) is 118 cm³/mol. The van der Waals surface area contributed by atoms with Gasteiger partial charge in [-0.2, -0.15) is 11.8 Å². The molecule has 158 valence electrons. The average Bonchev–Trinajstić information content (AvgIpc) is 2.99. The van der Waals surface area contributed by atoms with E-state index in [-0.39, 0.29) is 18.0 Å². The second-order valence-electron chi connectivity index (χ2n) is 7.64. The fourth-order valence-corrected chi connectivity index (χ4v) is 5.31. The smallest absolute Gasteiger partial charge is 0.332 e. The fourth-order valence-electron chi connectivity index (χ4n) is 3.98. The first-order valence-electron chi connectivity index (χ1n) is 9.94. The van der Waals surface area contributed by atoms with Crippen molar-refractivity contribution in [3.8, 4) is 0 Å². The number of thioether (sulfide) groups is 1. The van der Waals surface area contributed by atoms with Gasteiger partial charge in [0.1, 0.15) is 6.54 Å². The van der Waals surface area contributed by atoms with Crippen LogP contribution in [-0.4, -0.2) is 48.3 Å². The standard InChI is InChI=1S/C21H25N5O3S/c1-14-6-4-5-7-15(14)16-8-9-25(10-11-30-16)17(27)12-26-13-22-19-18(26)20(28)24(3)21(29)23(19)2/h4-7,13,16H,8-12H2,1-3H3. The third-order valence-electron chi connectivity index (χ3n) is 5.75. The van der Waals surface area contributed by atoms with Gasteiger partial charge in [0.05, 0.1) is 6.33 Å². The van der Waals surface area contributed by atoms with Crippen LogP contribution in [0.1, 0.15) is 22.8 Å². The molecule has 0 spiro atoms. The Balaban J connectivity index is 1.53. The second kappa shape index (κ2) is 8.14. The third-order valence-corrected chi connectivity index (χ3v) is 7.06. The molecular weight excluding hydrogens is 402 g/mol. The number of carbonyl (C=O) groups is 1. The van der Waals surface area contributed by atoms with Crippen molar-refractivity contribution in [2.45, 2.75) is 25.1 Å². The van der Waals surface area contributed by atoms with E-state index >= 15 is 0 Å². The molecule has 1 aliphatic heterocycles. The Labute approximate surface area is 178 Å². The number of nitrogens with zero attached hydrogens (tertiary/aromatic N) is 5. The van der Waals surface area contributed by atoms with Gasteiger partial charge < -0.3 is 9.47 Å². The van der Waals surface area contributed by atoms with E-state index in [2.05, 4.69) is 30.1 Å². The van der Waals surface area contributed by atoms with Crippen LogP contribution in [0.15, 0.2) is 40.2 Å². The monoisotopic (exact) mass is 427 g/mol. The Hall–Kier alpha value is -2.81. The Morgan fingerprint density at radius 3 is 2.70 bits per heavy atom. The molecule has 0 bridgehead atoms. The van der Waals surface area contributed by atoms with Crippen LogP contribution in [0.25, 0.3) is 11.2 Å². The lowest BCUT2D eigenvalue weighted by atomic mass is 10.0. The number of benzene rings is 1. The summed E-state index contributed by atoms with van der Waals surface area (Å²) in [6, 6.07) is 8.41. The van der Waals surface area contributed by atoms with Gasteiger partial charge >= 0.3 is 5.69 Å². The van der Waals surface area contributed by atoms with Crippen molar-refractivity contribution >= 4 is 28.8 Å².